The van der Waals surface area contributed by atoms with Gasteiger partial charge in [-0.15, -0.1) is 11.3 Å². The normalized spacial score (nSPS) is 12.7. The van der Waals surface area contributed by atoms with Crippen molar-refractivity contribution >= 4 is 17.4 Å². The minimum Gasteiger partial charge on any atom is -0.444 e. The van der Waals surface area contributed by atoms with Gasteiger partial charge in [0.2, 0.25) is 0 Å². The molecule has 0 radical (unpaired) electrons. The van der Waals surface area contributed by atoms with E-state index in [9.17, 15) is 9.90 Å². The largest absolute Gasteiger partial charge is 0.444 e. The smallest absolute Gasteiger partial charge is 0.408 e. The SMILES string of the molecule is C[C@H](NC(=O)OC(C)(C)C)c1ccc(-c2scnc2CO)cc1. The fraction of sp³-hybridized carbons (Fsp3) is 0.412. The van der Waals surface area contributed by atoms with Crippen LogP contribution in [0.25, 0.3) is 10.4 Å². The molecule has 1 aromatic heterocycles. The fourth-order valence-electron chi connectivity index (χ4n) is 2.11. The minimum atomic E-state index is -0.513. The second kappa shape index (κ2) is 7.10. The number of hydrogen-bond acceptors (Lipinski definition) is 5. The summed E-state index contributed by atoms with van der Waals surface area (Å²) in [6, 6.07) is 7.69. The second-order valence-corrected chi connectivity index (χ2v) is 7.13. The van der Waals surface area contributed by atoms with Crippen LogP contribution in [0.15, 0.2) is 29.8 Å². The molecule has 0 saturated heterocycles. The van der Waals surface area contributed by atoms with Crippen molar-refractivity contribution in [3.8, 4) is 10.4 Å². The topological polar surface area (TPSA) is 71.5 Å². The highest BCUT2D eigenvalue weighted by molar-refractivity contribution is 7.13. The molecule has 0 spiro atoms. The molecule has 0 saturated carbocycles. The van der Waals surface area contributed by atoms with Gasteiger partial charge in [0.1, 0.15) is 5.60 Å². The molecular weight excluding hydrogens is 312 g/mol. The van der Waals surface area contributed by atoms with E-state index < -0.39 is 11.7 Å². The van der Waals surface area contributed by atoms with E-state index in [-0.39, 0.29) is 12.6 Å². The molecular formula is C17H22N2O3S. The van der Waals surface area contributed by atoms with Crippen LogP contribution >= 0.6 is 11.3 Å². The average molecular weight is 334 g/mol. The van der Waals surface area contributed by atoms with Gasteiger partial charge in [-0.2, -0.15) is 0 Å². The van der Waals surface area contributed by atoms with Crippen LogP contribution in [-0.2, 0) is 11.3 Å². The molecule has 0 unspecified atom stereocenters. The maximum atomic E-state index is 11.8. The predicted molar refractivity (Wildman–Crippen MR) is 91.3 cm³/mol. The number of alkyl carbamates (subject to hydrolysis) is 1. The van der Waals surface area contributed by atoms with Gasteiger partial charge < -0.3 is 15.2 Å². The number of aromatic nitrogens is 1. The highest BCUT2D eigenvalue weighted by Crippen LogP contribution is 2.28. The van der Waals surface area contributed by atoms with E-state index in [1.54, 1.807) is 5.51 Å². The maximum Gasteiger partial charge on any atom is 0.408 e. The lowest BCUT2D eigenvalue weighted by atomic mass is 10.0. The van der Waals surface area contributed by atoms with E-state index in [0.29, 0.717) is 5.69 Å². The lowest BCUT2D eigenvalue weighted by molar-refractivity contribution is 0.0508. The Morgan fingerprint density at radius 3 is 2.57 bits per heavy atom. The molecule has 2 rings (SSSR count). The molecule has 2 N–H and O–H groups in total. The number of benzene rings is 1. The van der Waals surface area contributed by atoms with Crippen LogP contribution in [0.4, 0.5) is 4.79 Å². The Morgan fingerprint density at radius 2 is 2.00 bits per heavy atom. The summed E-state index contributed by atoms with van der Waals surface area (Å²) in [5.41, 5.74) is 3.88. The Balaban J connectivity index is 2.06. The number of aliphatic hydroxyl groups excluding tert-OH is 1. The summed E-state index contributed by atoms with van der Waals surface area (Å²) in [7, 11) is 0. The van der Waals surface area contributed by atoms with Gasteiger partial charge in [0.25, 0.3) is 0 Å². The number of hydrogen-bond donors (Lipinski definition) is 2. The number of nitrogens with zero attached hydrogens (tertiary/aromatic N) is 1. The number of carbonyl (C=O) groups excluding carboxylic acids is 1. The minimum absolute atomic E-state index is 0.0722. The summed E-state index contributed by atoms with van der Waals surface area (Å²) in [4.78, 5) is 16.9. The van der Waals surface area contributed by atoms with Gasteiger partial charge in [0, 0.05) is 0 Å². The number of nitrogens with one attached hydrogen (secondary N) is 1. The fourth-order valence-corrected chi connectivity index (χ4v) is 2.92. The molecule has 5 nitrogen and oxygen atoms in total. The van der Waals surface area contributed by atoms with Crippen LogP contribution in [0.3, 0.4) is 0 Å². The lowest BCUT2D eigenvalue weighted by Gasteiger charge is -2.22. The summed E-state index contributed by atoms with van der Waals surface area (Å²) in [6.07, 6.45) is -0.431. The Labute approximate surface area is 140 Å². The van der Waals surface area contributed by atoms with Crippen molar-refractivity contribution in [3.05, 3.63) is 41.0 Å². The van der Waals surface area contributed by atoms with Crippen molar-refractivity contribution in [2.24, 2.45) is 0 Å². The van der Waals surface area contributed by atoms with Crippen LogP contribution < -0.4 is 5.32 Å². The molecule has 1 amide bonds. The van der Waals surface area contributed by atoms with E-state index in [1.165, 1.54) is 11.3 Å². The number of amides is 1. The van der Waals surface area contributed by atoms with E-state index in [1.807, 2.05) is 52.0 Å². The number of aliphatic hydroxyl groups is 1. The molecule has 0 fully saturated rings. The number of thiazole rings is 1. The Kier molecular flexibility index (Phi) is 5.38. The third-order valence-electron chi connectivity index (χ3n) is 3.20. The third kappa shape index (κ3) is 4.77. The van der Waals surface area contributed by atoms with Crippen molar-refractivity contribution in [2.75, 3.05) is 0 Å². The first-order chi connectivity index (χ1) is 10.8. The second-order valence-electron chi connectivity index (χ2n) is 6.28. The first-order valence-electron chi connectivity index (χ1n) is 7.43. The standard InChI is InChI=1S/C17H22N2O3S/c1-11(19-16(21)22-17(2,3)4)12-5-7-13(8-6-12)15-14(9-20)18-10-23-15/h5-8,10-11,20H,9H2,1-4H3,(H,19,21)/t11-/m0/s1. The lowest BCUT2D eigenvalue weighted by Crippen LogP contribution is -2.34. The van der Waals surface area contributed by atoms with Crippen molar-refractivity contribution in [3.63, 3.8) is 0 Å². The highest BCUT2D eigenvalue weighted by atomic mass is 32.1. The van der Waals surface area contributed by atoms with E-state index >= 15 is 0 Å². The summed E-state index contributed by atoms with van der Waals surface area (Å²) in [6.45, 7) is 7.33. The third-order valence-corrected chi connectivity index (χ3v) is 4.11. The van der Waals surface area contributed by atoms with Gasteiger partial charge in [0.15, 0.2) is 0 Å². The molecule has 0 bridgehead atoms. The molecule has 1 heterocycles. The maximum absolute atomic E-state index is 11.8. The zero-order valence-corrected chi connectivity index (χ0v) is 14.6. The van der Waals surface area contributed by atoms with Gasteiger partial charge >= 0.3 is 6.09 Å². The highest BCUT2D eigenvalue weighted by Gasteiger charge is 2.18. The molecule has 1 atom stereocenters. The molecule has 6 heteroatoms. The van der Waals surface area contributed by atoms with Crippen molar-refractivity contribution < 1.29 is 14.6 Å². The van der Waals surface area contributed by atoms with Crippen molar-refractivity contribution in [1.82, 2.24) is 10.3 Å². The molecule has 0 aliphatic heterocycles. The number of carbonyl (C=O) groups is 1. The molecule has 2 aromatic rings. The molecule has 23 heavy (non-hydrogen) atoms. The summed E-state index contributed by atoms with van der Waals surface area (Å²) >= 11 is 1.50. The first-order valence-corrected chi connectivity index (χ1v) is 8.31. The Hall–Kier alpha value is -1.92. The monoisotopic (exact) mass is 334 g/mol. The summed E-state index contributed by atoms with van der Waals surface area (Å²) < 4.78 is 5.26. The molecule has 1 aromatic carbocycles. The zero-order chi connectivity index (χ0) is 17.0. The quantitative estimate of drug-likeness (QED) is 0.890. The Morgan fingerprint density at radius 1 is 1.35 bits per heavy atom. The molecule has 0 aliphatic carbocycles. The number of ether oxygens (including phenoxy) is 1. The van der Waals surface area contributed by atoms with Crippen molar-refractivity contribution in [2.45, 2.75) is 45.9 Å². The summed E-state index contributed by atoms with van der Waals surface area (Å²) in [5.74, 6) is 0. The van der Waals surface area contributed by atoms with Gasteiger partial charge in [0.05, 0.1) is 28.7 Å². The molecule has 124 valence electrons. The van der Waals surface area contributed by atoms with Gasteiger partial charge in [-0.05, 0) is 38.8 Å². The van der Waals surface area contributed by atoms with E-state index in [2.05, 4.69) is 10.3 Å². The Bertz CT molecular complexity index is 659. The van der Waals surface area contributed by atoms with Gasteiger partial charge in [-0.25, -0.2) is 9.78 Å². The average Bonchev–Trinajstić information content (AvgIpc) is 2.93. The van der Waals surface area contributed by atoms with Crippen LogP contribution in [0.1, 0.15) is 45.0 Å². The van der Waals surface area contributed by atoms with Crippen LogP contribution in [-0.4, -0.2) is 21.8 Å². The van der Waals surface area contributed by atoms with Gasteiger partial charge in [-0.3, -0.25) is 0 Å². The zero-order valence-electron chi connectivity index (χ0n) is 13.8. The summed E-state index contributed by atoms with van der Waals surface area (Å²) in [5, 5.41) is 12.1. The van der Waals surface area contributed by atoms with Crippen LogP contribution in [0, 0.1) is 0 Å². The molecule has 0 aliphatic rings. The van der Waals surface area contributed by atoms with Crippen LogP contribution in [0.2, 0.25) is 0 Å². The van der Waals surface area contributed by atoms with Crippen molar-refractivity contribution in [1.29, 1.82) is 0 Å². The number of rotatable bonds is 4. The van der Waals surface area contributed by atoms with Crippen LogP contribution in [0.5, 0.6) is 0 Å². The van der Waals surface area contributed by atoms with E-state index in [0.717, 1.165) is 16.0 Å². The van der Waals surface area contributed by atoms with E-state index in [4.69, 9.17) is 4.74 Å². The predicted octanol–water partition coefficient (Wildman–Crippen LogP) is 3.89. The first kappa shape index (κ1) is 17.4. The van der Waals surface area contributed by atoms with Gasteiger partial charge in [-0.1, -0.05) is 24.3 Å².